The highest BCUT2D eigenvalue weighted by molar-refractivity contribution is 6.04. The van der Waals surface area contributed by atoms with Crippen LogP contribution in [0.25, 0.3) is 22.5 Å². The number of oxime groups is 1. The normalized spacial score (nSPS) is 19.5. The van der Waals surface area contributed by atoms with Gasteiger partial charge in [0.1, 0.15) is 17.4 Å². The molecule has 1 unspecified atom stereocenters. The summed E-state index contributed by atoms with van der Waals surface area (Å²) < 4.78 is 6.50. The fraction of sp³-hybridized carbons (Fsp3) is 0.320. The van der Waals surface area contributed by atoms with Gasteiger partial charge in [-0.3, -0.25) is 26.0 Å². The van der Waals surface area contributed by atoms with Crippen LogP contribution in [0.1, 0.15) is 42.1 Å². The van der Waals surface area contributed by atoms with Crippen LogP contribution < -0.4 is 5.48 Å². The molecule has 1 fully saturated rings. The molecule has 3 heterocycles. The summed E-state index contributed by atoms with van der Waals surface area (Å²) in [4.78, 5) is 6.31. The number of benzene rings is 1. The smallest absolute Gasteiger partial charge is 0.142 e. The molecule has 1 aliphatic heterocycles. The number of aryl methyl sites for hydroxylation is 1. The number of hydrogen-bond donors (Lipinski definition) is 4. The van der Waals surface area contributed by atoms with Crippen molar-refractivity contribution in [1.29, 1.82) is 5.41 Å². The molecule has 170 valence electrons. The number of hydrogen-bond acceptors (Lipinski definition) is 7. The van der Waals surface area contributed by atoms with Gasteiger partial charge in [-0.15, -0.1) is 0 Å². The Bertz CT molecular complexity index is 1190. The summed E-state index contributed by atoms with van der Waals surface area (Å²) >= 11 is 0. The van der Waals surface area contributed by atoms with Gasteiger partial charge in [0.05, 0.1) is 12.3 Å². The summed E-state index contributed by atoms with van der Waals surface area (Å²) in [5.74, 6) is 2.06. The van der Waals surface area contributed by atoms with E-state index in [2.05, 4.69) is 33.2 Å². The first-order valence-corrected chi connectivity index (χ1v) is 11.2. The molecule has 8 heteroatoms. The van der Waals surface area contributed by atoms with Crippen molar-refractivity contribution < 1.29 is 14.8 Å². The Balaban J connectivity index is 1.51. The van der Waals surface area contributed by atoms with E-state index in [1.54, 1.807) is 12.4 Å². The Labute approximate surface area is 192 Å². The van der Waals surface area contributed by atoms with Gasteiger partial charge in [-0.1, -0.05) is 23.4 Å². The number of nitrogens with one attached hydrogen (secondary N) is 2. The molecule has 2 aliphatic rings. The number of rotatable bonds is 5. The van der Waals surface area contributed by atoms with Crippen molar-refractivity contribution in [2.75, 3.05) is 19.6 Å². The highest BCUT2D eigenvalue weighted by atomic mass is 16.5. The third kappa shape index (κ3) is 4.27. The standard InChI is InChI=1S/C25H27N5O3/c26-24(29-32)15-30-11-1-2-19(14-30)23-13-21(25(33-23)16-7-9-27-10-8-16)18-3-5-20-17(12-18)4-6-22(20)28-31/h3,5,7-10,12-13,19,31-32H,1-2,4,6,11,14-15H2,(H2,26,29). The second-order valence-corrected chi connectivity index (χ2v) is 8.71. The summed E-state index contributed by atoms with van der Waals surface area (Å²) in [6, 6.07) is 12.3. The van der Waals surface area contributed by atoms with Crippen LogP contribution in [0.5, 0.6) is 0 Å². The molecule has 3 aromatic rings. The molecule has 0 spiro atoms. The zero-order chi connectivity index (χ0) is 22.8. The number of nitrogens with zero attached hydrogens (tertiary/aromatic N) is 3. The van der Waals surface area contributed by atoms with E-state index in [9.17, 15) is 5.21 Å². The minimum Gasteiger partial charge on any atom is -0.460 e. The quantitative estimate of drug-likeness (QED) is 0.202. The lowest BCUT2D eigenvalue weighted by Crippen LogP contribution is -2.40. The molecule has 1 aliphatic carbocycles. The Hall–Kier alpha value is -3.49. The van der Waals surface area contributed by atoms with E-state index in [-0.39, 0.29) is 11.8 Å². The van der Waals surface area contributed by atoms with Crippen molar-refractivity contribution in [2.24, 2.45) is 5.16 Å². The summed E-state index contributed by atoms with van der Waals surface area (Å²) in [5, 5.41) is 29.4. The SMILES string of the molecule is N=C(CN1CCCC(c2cc(-c3ccc4c(c3)CCC4=NO)c(-c3ccncc3)o2)C1)NO. The van der Waals surface area contributed by atoms with Crippen LogP contribution in [0.15, 0.2) is 58.4 Å². The van der Waals surface area contributed by atoms with E-state index < -0.39 is 0 Å². The molecule has 8 nitrogen and oxygen atoms in total. The molecule has 2 aromatic heterocycles. The van der Waals surface area contributed by atoms with E-state index in [1.165, 1.54) is 5.56 Å². The zero-order valence-electron chi connectivity index (χ0n) is 18.3. The Morgan fingerprint density at radius 2 is 2.00 bits per heavy atom. The maximum Gasteiger partial charge on any atom is 0.142 e. The van der Waals surface area contributed by atoms with Crippen LogP contribution in [0, 0.1) is 5.41 Å². The first kappa shape index (κ1) is 21.4. The highest BCUT2D eigenvalue weighted by Crippen LogP contribution is 2.40. The molecule has 1 atom stereocenters. The van der Waals surface area contributed by atoms with E-state index in [0.29, 0.717) is 6.54 Å². The van der Waals surface area contributed by atoms with Gasteiger partial charge in [0.2, 0.25) is 0 Å². The van der Waals surface area contributed by atoms with Gasteiger partial charge in [-0.2, -0.15) is 0 Å². The third-order valence-electron chi connectivity index (χ3n) is 6.60. The largest absolute Gasteiger partial charge is 0.460 e. The Morgan fingerprint density at radius 1 is 1.15 bits per heavy atom. The number of piperidine rings is 1. The molecular formula is C25H27N5O3. The average Bonchev–Trinajstić information content (AvgIpc) is 3.49. The summed E-state index contributed by atoms with van der Waals surface area (Å²) in [6.07, 6.45) is 7.17. The fourth-order valence-electron chi connectivity index (χ4n) is 4.97. The van der Waals surface area contributed by atoms with Crippen LogP contribution in [0.4, 0.5) is 0 Å². The van der Waals surface area contributed by atoms with Crippen molar-refractivity contribution >= 4 is 11.5 Å². The zero-order valence-corrected chi connectivity index (χ0v) is 18.3. The predicted molar refractivity (Wildman–Crippen MR) is 125 cm³/mol. The molecule has 1 aromatic carbocycles. The molecule has 0 amide bonds. The molecular weight excluding hydrogens is 418 g/mol. The van der Waals surface area contributed by atoms with Gasteiger partial charge in [-0.05, 0) is 61.6 Å². The average molecular weight is 446 g/mol. The first-order chi connectivity index (χ1) is 16.2. The number of likely N-dealkylation sites (tertiary alicyclic amines) is 1. The third-order valence-corrected chi connectivity index (χ3v) is 6.60. The van der Waals surface area contributed by atoms with Crippen molar-refractivity contribution in [3.8, 4) is 22.5 Å². The van der Waals surface area contributed by atoms with Gasteiger partial charge in [0.15, 0.2) is 0 Å². The van der Waals surface area contributed by atoms with Crippen LogP contribution >= 0.6 is 0 Å². The molecule has 33 heavy (non-hydrogen) atoms. The van der Waals surface area contributed by atoms with Gasteiger partial charge in [0.25, 0.3) is 0 Å². The minimum absolute atomic E-state index is 0.0946. The highest BCUT2D eigenvalue weighted by Gasteiger charge is 2.27. The predicted octanol–water partition coefficient (Wildman–Crippen LogP) is 4.27. The second kappa shape index (κ2) is 9.17. The molecule has 4 N–H and O–H groups in total. The summed E-state index contributed by atoms with van der Waals surface area (Å²) in [7, 11) is 0. The lowest BCUT2D eigenvalue weighted by molar-refractivity contribution is 0.197. The maximum absolute atomic E-state index is 9.26. The molecule has 1 saturated heterocycles. The fourth-order valence-corrected chi connectivity index (χ4v) is 4.97. The maximum atomic E-state index is 9.26. The second-order valence-electron chi connectivity index (χ2n) is 8.71. The number of aromatic nitrogens is 1. The van der Waals surface area contributed by atoms with Crippen LogP contribution in [0.2, 0.25) is 0 Å². The number of furan rings is 1. The van der Waals surface area contributed by atoms with Gasteiger partial charge in [0, 0.05) is 41.5 Å². The number of fused-ring (bicyclic) bond motifs is 1. The molecule has 0 saturated carbocycles. The lowest BCUT2D eigenvalue weighted by atomic mass is 9.93. The topological polar surface area (TPSA) is 118 Å². The summed E-state index contributed by atoms with van der Waals surface area (Å²) in [6.45, 7) is 2.05. The van der Waals surface area contributed by atoms with E-state index in [0.717, 1.165) is 78.3 Å². The monoisotopic (exact) mass is 445 g/mol. The van der Waals surface area contributed by atoms with Gasteiger partial charge >= 0.3 is 0 Å². The van der Waals surface area contributed by atoms with Crippen LogP contribution in [-0.2, 0) is 6.42 Å². The first-order valence-electron chi connectivity index (χ1n) is 11.2. The minimum atomic E-state index is 0.0946. The molecule has 0 radical (unpaired) electrons. The lowest BCUT2D eigenvalue weighted by Gasteiger charge is -2.31. The van der Waals surface area contributed by atoms with E-state index >= 15 is 0 Å². The number of pyridine rings is 1. The van der Waals surface area contributed by atoms with Crippen molar-refractivity contribution in [1.82, 2.24) is 15.4 Å². The van der Waals surface area contributed by atoms with Crippen molar-refractivity contribution in [3.63, 3.8) is 0 Å². The van der Waals surface area contributed by atoms with Crippen molar-refractivity contribution in [2.45, 2.75) is 31.6 Å². The van der Waals surface area contributed by atoms with Crippen LogP contribution in [0.3, 0.4) is 0 Å². The van der Waals surface area contributed by atoms with Crippen LogP contribution in [-0.4, -0.2) is 51.5 Å². The number of amidine groups is 1. The Morgan fingerprint density at radius 3 is 2.79 bits per heavy atom. The Kier molecular flexibility index (Phi) is 5.93. The van der Waals surface area contributed by atoms with Crippen molar-refractivity contribution in [3.05, 3.63) is 65.7 Å². The van der Waals surface area contributed by atoms with Gasteiger partial charge < -0.3 is 9.62 Å². The molecule has 5 rings (SSSR count). The molecule has 0 bridgehead atoms. The van der Waals surface area contributed by atoms with E-state index in [4.69, 9.17) is 15.0 Å². The van der Waals surface area contributed by atoms with E-state index in [1.807, 2.05) is 23.7 Å². The summed E-state index contributed by atoms with van der Waals surface area (Å²) in [5.41, 5.74) is 7.96. The van der Waals surface area contributed by atoms with Gasteiger partial charge in [-0.25, -0.2) is 0 Å². The number of hydroxylamine groups is 1.